The lowest BCUT2D eigenvalue weighted by Crippen LogP contribution is -2.52. The van der Waals surface area contributed by atoms with Crippen molar-refractivity contribution in [3.63, 3.8) is 0 Å². The molecule has 2 amide bonds. The first kappa shape index (κ1) is 51.0. The van der Waals surface area contributed by atoms with Crippen LogP contribution in [0.3, 0.4) is 0 Å². The van der Waals surface area contributed by atoms with E-state index < -0.39 is 71.3 Å². The minimum absolute atomic E-state index is 0.0206. The molecule has 3 fully saturated rings. The van der Waals surface area contributed by atoms with Gasteiger partial charge in [0.25, 0.3) is 11.7 Å². The highest BCUT2D eigenvalue weighted by molar-refractivity contribution is 6.34. The molecule has 1 spiro atoms. The SMILES string of the molecule is C/C1=C/C=C/C(C)[C@H](O)CC(O)C[C@H](OC(=O)CC(=O)N2CCC(NC3CC[C@H]3C)CC2)CC/C=C/O[C@@]2(C)Oc3c(C)c(O)c4c(c3C2=O)C2=NC3(CCN(CC(C)C)CC3)NC2=C(NC1=O)C4=O. The number of aliphatic hydroxyl groups is 2. The molecule has 5 bridgehead atoms. The summed E-state index contributed by atoms with van der Waals surface area (Å²) in [7, 11) is 0. The lowest BCUT2D eigenvalue weighted by molar-refractivity contribution is -0.155. The van der Waals surface area contributed by atoms with E-state index in [1.807, 2.05) is 0 Å². The highest BCUT2D eigenvalue weighted by atomic mass is 16.7. The van der Waals surface area contributed by atoms with Crippen LogP contribution < -0.4 is 20.7 Å². The standard InChI is InChI=1S/C53H72N6O11/c1-29(2)28-58-22-18-53(19-23-58)56-44-41-42-47(64)33(6)49-43(41)50(66)52(7,70-49)68-24-9-8-13-36(69-40(63)27-39(62)59-20-16-34(17-21-59)54-37-15-14-30(37)3)25-35(60)26-38(61)31(4)11-10-12-32(5)51(67)55-46(48(42)65)45(44)57-53/h9-12,24,29-31,34-38,54,57,60-61,64H,8,13-23,25-28H2,1-7H3,(H,55,67)/b11-10+,24-9+,32-12-/t30-,31?,35?,36-,37?,38-,52+/m1/s1. The number of ketones is 2. The number of ether oxygens (including phenoxy) is 3. The number of fused-ring (bicyclic) bond motifs is 13. The van der Waals surface area contributed by atoms with Crippen molar-refractivity contribution in [2.75, 3.05) is 32.7 Å². The number of hydrogen-bond donors (Lipinski definition) is 6. The Kier molecular flexibility index (Phi) is 15.1. The van der Waals surface area contributed by atoms with Crippen molar-refractivity contribution in [1.82, 2.24) is 25.8 Å². The summed E-state index contributed by atoms with van der Waals surface area (Å²) in [6, 6.07) is 0.862. The molecule has 17 heteroatoms. The third-order valence-electron chi connectivity index (χ3n) is 15.3. The van der Waals surface area contributed by atoms with Crippen LogP contribution >= 0.6 is 0 Å². The average Bonchev–Trinajstić information content (AvgIpc) is 3.81. The number of nitrogens with one attached hydrogen (secondary N) is 3. The minimum Gasteiger partial charge on any atom is -0.507 e. The second-order valence-corrected chi connectivity index (χ2v) is 21.3. The number of carbonyl (C=O) groups is 5. The van der Waals surface area contributed by atoms with Crippen molar-refractivity contribution >= 4 is 35.1 Å². The van der Waals surface area contributed by atoms with Crippen molar-refractivity contribution in [2.45, 2.75) is 161 Å². The van der Waals surface area contributed by atoms with E-state index in [1.165, 1.54) is 26.0 Å². The molecule has 6 N–H and O–H groups in total. The summed E-state index contributed by atoms with van der Waals surface area (Å²) in [5.74, 6) is -4.60. The second kappa shape index (κ2) is 20.8. The molecule has 6 aliphatic heterocycles. The maximum Gasteiger partial charge on any atom is 0.315 e. The van der Waals surface area contributed by atoms with Crippen LogP contribution in [0.4, 0.5) is 0 Å². The number of piperidine rings is 2. The van der Waals surface area contributed by atoms with Gasteiger partial charge >= 0.3 is 11.8 Å². The number of aliphatic hydroxyl groups excluding tert-OH is 2. The van der Waals surface area contributed by atoms with Gasteiger partial charge in [-0.05, 0) is 76.7 Å². The van der Waals surface area contributed by atoms with Crippen molar-refractivity contribution < 1.29 is 53.5 Å². The number of amides is 2. The first-order chi connectivity index (χ1) is 33.3. The molecule has 2 saturated heterocycles. The number of likely N-dealkylation sites (tertiary alicyclic amines) is 2. The molecule has 9 rings (SSSR count). The molecule has 0 radical (unpaired) electrons. The van der Waals surface area contributed by atoms with Gasteiger partial charge in [0.15, 0.2) is 0 Å². The quantitative estimate of drug-likeness (QED) is 0.156. The summed E-state index contributed by atoms with van der Waals surface area (Å²) >= 11 is 0. The molecule has 17 nitrogen and oxygen atoms in total. The van der Waals surface area contributed by atoms with Gasteiger partial charge in [-0.1, -0.05) is 45.9 Å². The van der Waals surface area contributed by atoms with E-state index in [4.69, 9.17) is 19.2 Å². The number of hydrogen-bond acceptors (Lipinski definition) is 15. The number of carbonyl (C=O) groups excluding carboxylic acids is 5. The molecule has 7 atom stereocenters. The molecule has 6 heterocycles. The average molecular weight is 969 g/mol. The van der Waals surface area contributed by atoms with Crippen LogP contribution in [-0.2, 0) is 23.9 Å². The van der Waals surface area contributed by atoms with Crippen LogP contribution in [0, 0.1) is 24.7 Å². The van der Waals surface area contributed by atoms with E-state index in [9.17, 15) is 39.3 Å². The number of benzene rings is 1. The molecule has 380 valence electrons. The molecule has 3 unspecified atom stereocenters. The number of allylic oxidation sites excluding steroid dienone is 5. The summed E-state index contributed by atoms with van der Waals surface area (Å²) in [5.41, 5.74) is -0.156. The van der Waals surface area contributed by atoms with Gasteiger partial charge in [-0.25, -0.2) is 0 Å². The van der Waals surface area contributed by atoms with Crippen molar-refractivity contribution in [3.8, 4) is 11.5 Å². The van der Waals surface area contributed by atoms with E-state index in [0.29, 0.717) is 49.9 Å². The molecule has 70 heavy (non-hydrogen) atoms. The van der Waals surface area contributed by atoms with Gasteiger partial charge in [0.05, 0.1) is 41.0 Å². The zero-order chi connectivity index (χ0) is 50.2. The zero-order valence-electron chi connectivity index (χ0n) is 41.8. The number of rotatable bonds is 7. The second-order valence-electron chi connectivity index (χ2n) is 21.3. The fraction of sp³-hybridized carbons (Fsp3) is 0.623. The Morgan fingerprint density at radius 3 is 2.37 bits per heavy atom. The number of Topliss-reactive ketones (excluding diaryl/α,β-unsaturated/α-hetero) is 2. The maximum absolute atomic E-state index is 14.7. The van der Waals surface area contributed by atoms with E-state index in [1.54, 1.807) is 50.0 Å². The molecular formula is C53H72N6O11. The van der Waals surface area contributed by atoms with Gasteiger partial charge in [-0.15, -0.1) is 0 Å². The third kappa shape index (κ3) is 10.6. The number of nitrogens with zero attached hydrogens (tertiary/aromatic N) is 3. The first-order valence-corrected chi connectivity index (χ1v) is 25.4. The topological polar surface area (TPSA) is 229 Å². The van der Waals surface area contributed by atoms with Crippen LogP contribution in [0.5, 0.6) is 11.5 Å². The Bertz CT molecular complexity index is 2410. The van der Waals surface area contributed by atoms with Crippen LogP contribution in [0.2, 0.25) is 0 Å². The lowest BCUT2D eigenvalue weighted by Gasteiger charge is -2.40. The summed E-state index contributed by atoms with van der Waals surface area (Å²) in [5, 5.41) is 44.2. The van der Waals surface area contributed by atoms with E-state index >= 15 is 0 Å². The monoisotopic (exact) mass is 969 g/mol. The maximum atomic E-state index is 14.7. The van der Waals surface area contributed by atoms with Gasteiger partial charge in [0, 0.05) is 93.6 Å². The normalized spacial score (nSPS) is 31.4. The summed E-state index contributed by atoms with van der Waals surface area (Å²) in [6.07, 6.45) is 9.99. The number of aromatic hydroxyl groups is 1. The molecule has 1 aromatic carbocycles. The lowest BCUT2D eigenvalue weighted by atomic mass is 9.80. The van der Waals surface area contributed by atoms with Crippen LogP contribution in [-0.4, -0.2) is 135 Å². The van der Waals surface area contributed by atoms with E-state index in [-0.39, 0.29) is 82.3 Å². The molecule has 1 aromatic rings. The molecule has 2 aliphatic carbocycles. The van der Waals surface area contributed by atoms with Gasteiger partial charge in [-0.2, -0.15) is 0 Å². The van der Waals surface area contributed by atoms with Crippen LogP contribution in [0.15, 0.2) is 52.5 Å². The van der Waals surface area contributed by atoms with Crippen molar-refractivity contribution in [3.05, 3.63) is 69.8 Å². The van der Waals surface area contributed by atoms with Gasteiger partial charge in [0.1, 0.15) is 35.4 Å². The zero-order valence-corrected chi connectivity index (χ0v) is 41.8. The van der Waals surface area contributed by atoms with Crippen molar-refractivity contribution in [1.29, 1.82) is 0 Å². The van der Waals surface area contributed by atoms with E-state index in [0.717, 1.165) is 32.5 Å². The number of phenols is 1. The molecule has 1 saturated carbocycles. The molecule has 0 aromatic heterocycles. The van der Waals surface area contributed by atoms with Gasteiger partial charge in [-0.3, -0.25) is 29.0 Å². The Labute approximate surface area is 410 Å². The Morgan fingerprint density at radius 2 is 1.70 bits per heavy atom. The van der Waals surface area contributed by atoms with E-state index in [2.05, 4.69) is 41.6 Å². The smallest absolute Gasteiger partial charge is 0.315 e. The Morgan fingerprint density at radius 1 is 0.971 bits per heavy atom. The summed E-state index contributed by atoms with van der Waals surface area (Å²) in [6.45, 7) is 16.3. The predicted octanol–water partition coefficient (Wildman–Crippen LogP) is 5.00. The Balaban J connectivity index is 1.05. The largest absolute Gasteiger partial charge is 0.507 e. The first-order valence-electron chi connectivity index (χ1n) is 25.4. The Hall–Kier alpha value is -5.36. The molecular weight excluding hydrogens is 897 g/mol. The number of phenolic OH excluding ortho intramolecular Hbond substituents is 1. The summed E-state index contributed by atoms with van der Waals surface area (Å²) in [4.78, 5) is 79.3. The molecule has 8 aliphatic rings. The minimum atomic E-state index is -1.93. The van der Waals surface area contributed by atoms with Crippen LogP contribution in [0.25, 0.3) is 0 Å². The highest BCUT2D eigenvalue weighted by Gasteiger charge is 2.54. The fourth-order valence-corrected chi connectivity index (χ4v) is 10.8. The number of aliphatic imine (C=N–C) groups is 1. The fourth-order valence-electron chi connectivity index (χ4n) is 10.8. The van der Waals surface area contributed by atoms with Gasteiger partial charge < -0.3 is 55.3 Å². The third-order valence-corrected chi connectivity index (χ3v) is 15.3. The van der Waals surface area contributed by atoms with Crippen LogP contribution in [0.1, 0.15) is 144 Å². The highest BCUT2D eigenvalue weighted by Crippen LogP contribution is 2.50. The summed E-state index contributed by atoms with van der Waals surface area (Å²) < 4.78 is 18.2. The number of esters is 1. The van der Waals surface area contributed by atoms with Gasteiger partial charge in [0.2, 0.25) is 11.7 Å². The van der Waals surface area contributed by atoms with Crippen molar-refractivity contribution in [2.24, 2.45) is 22.7 Å². The predicted molar refractivity (Wildman–Crippen MR) is 261 cm³/mol.